The second-order valence-electron chi connectivity index (χ2n) is 12.7. The fourth-order valence-corrected chi connectivity index (χ4v) is 6.59. The van der Waals surface area contributed by atoms with Gasteiger partial charge in [0, 0.05) is 36.3 Å². The zero-order valence-electron chi connectivity index (χ0n) is 27.2. The normalized spacial score (nSPS) is 17.7. The van der Waals surface area contributed by atoms with Crippen molar-refractivity contribution < 1.29 is 27.9 Å². The van der Waals surface area contributed by atoms with Crippen molar-refractivity contribution in [3.63, 3.8) is 0 Å². The second-order valence-corrected chi connectivity index (χ2v) is 12.7. The van der Waals surface area contributed by atoms with Crippen molar-refractivity contribution in [1.82, 2.24) is 15.5 Å². The predicted molar refractivity (Wildman–Crippen MR) is 174 cm³/mol. The summed E-state index contributed by atoms with van der Waals surface area (Å²) in [5.74, 6) is -2.28. The number of carbonyl (C=O) groups is 2. The number of aliphatic hydroxyl groups is 1. The molecule has 1 heterocycles. The van der Waals surface area contributed by atoms with Gasteiger partial charge in [0.25, 0.3) is 11.8 Å². The molecule has 4 rings (SSSR count). The number of benzene rings is 3. The highest BCUT2D eigenvalue weighted by atomic mass is 19.1. The molecule has 248 valence electrons. The third kappa shape index (κ3) is 9.66. The first-order valence-electron chi connectivity index (χ1n) is 16.3. The summed E-state index contributed by atoms with van der Waals surface area (Å²) >= 11 is 0. The maximum absolute atomic E-state index is 14.2. The van der Waals surface area contributed by atoms with Gasteiger partial charge in [-0.15, -0.1) is 0 Å². The van der Waals surface area contributed by atoms with E-state index in [1.165, 1.54) is 24.3 Å². The van der Waals surface area contributed by atoms with Gasteiger partial charge in [0.1, 0.15) is 17.5 Å². The minimum absolute atomic E-state index is 0.0219. The van der Waals surface area contributed by atoms with Crippen molar-refractivity contribution in [2.45, 2.75) is 84.4 Å². The quantitative estimate of drug-likeness (QED) is 0.206. The number of aryl methyl sites for hydroxylation is 2. The number of rotatable bonds is 13. The van der Waals surface area contributed by atoms with E-state index in [1.807, 2.05) is 33.8 Å². The lowest BCUT2D eigenvalue weighted by molar-refractivity contribution is 0.0576. The molecule has 0 bridgehead atoms. The smallest absolute Gasteiger partial charge is 0.253 e. The van der Waals surface area contributed by atoms with Gasteiger partial charge in [-0.25, -0.2) is 13.2 Å². The van der Waals surface area contributed by atoms with Crippen molar-refractivity contribution in [2.75, 3.05) is 19.6 Å². The van der Waals surface area contributed by atoms with E-state index in [4.69, 9.17) is 0 Å². The van der Waals surface area contributed by atoms with Gasteiger partial charge in [0.15, 0.2) is 0 Å². The molecule has 3 N–H and O–H groups in total. The van der Waals surface area contributed by atoms with Gasteiger partial charge in [-0.05, 0) is 130 Å². The average Bonchev–Trinajstić information content (AvgIpc) is 2.98. The van der Waals surface area contributed by atoms with E-state index in [0.717, 1.165) is 42.0 Å². The van der Waals surface area contributed by atoms with Crippen molar-refractivity contribution in [3.05, 3.63) is 105 Å². The Kier molecular flexibility index (Phi) is 12.4. The Morgan fingerprint density at radius 3 is 2.13 bits per heavy atom. The molecule has 0 aromatic heterocycles. The Balaban J connectivity index is 1.57. The van der Waals surface area contributed by atoms with Crippen LogP contribution in [0.2, 0.25) is 0 Å². The molecule has 3 aromatic rings. The Labute approximate surface area is 270 Å². The number of hydrogen-bond acceptors (Lipinski definition) is 4. The topological polar surface area (TPSA) is 81.7 Å². The standard InChI is InChI=1S/C37H46F3N3O3/c1-5-9-43(10-6-2)37(46)29-13-24(4)12-28(21-29)36(45)42-34(20-27-17-31(39)22-32(40)18-27)35(44)33-19-25(7-8-41-33)15-26-11-23(3)14-30(38)16-26/h11-14,16-18,21-22,25,33-35,41,44H,5-10,15,19-20H2,1-4H3,(H,42,45)/t25-,33-,34+,35-/m1/s1. The van der Waals surface area contributed by atoms with Gasteiger partial charge in [-0.2, -0.15) is 0 Å². The second kappa shape index (κ2) is 16.2. The lowest BCUT2D eigenvalue weighted by atomic mass is 9.83. The van der Waals surface area contributed by atoms with Crippen molar-refractivity contribution in [1.29, 1.82) is 0 Å². The number of halogens is 3. The summed E-state index contributed by atoms with van der Waals surface area (Å²) in [5.41, 5.74) is 3.42. The summed E-state index contributed by atoms with van der Waals surface area (Å²) < 4.78 is 42.4. The van der Waals surface area contributed by atoms with Crippen LogP contribution in [0.4, 0.5) is 13.2 Å². The number of aliphatic hydroxyl groups excluding tert-OH is 1. The maximum atomic E-state index is 14.2. The molecule has 0 spiro atoms. The summed E-state index contributed by atoms with van der Waals surface area (Å²) in [7, 11) is 0. The van der Waals surface area contributed by atoms with Crippen LogP contribution in [0.15, 0.2) is 54.6 Å². The van der Waals surface area contributed by atoms with E-state index in [-0.39, 0.29) is 29.6 Å². The molecule has 0 saturated carbocycles. The van der Waals surface area contributed by atoms with Crippen LogP contribution in [0.3, 0.4) is 0 Å². The molecule has 0 unspecified atom stereocenters. The molecule has 4 atom stereocenters. The van der Waals surface area contributed by atoms with Crippen LogP contribution in [0, 0.1) is 37.2 Å². The Hall–Kier alpha value is -3.69. The number of amides is 2. The van der Waals surface area contributed by atoms with Crippen LogP contribution in [0.1, 0.15) is 82.5 Å². The Morgan fingerprint density at radius 2 is 1.48 bits per heavy atom. The molecule has 9 heteroatoms. The first-order chi connectivity index (χ1) is 21.9. The Morgan fingerprint density at radius 1 is 0.870 bits per heavy atom. The predicted octanol–water partition coefficient (Wildman–Crippen LogP) is 6.30. The molecule has 3 aromatic carbocycles. The summed E-state index contributed by atoms with van der Waals surface area (Å²) in [5, 5.41) is 18.0. The minimum atomic E-state index is -1.11. The summed E-state index contributed by atoms with van der Waals surface area (Å²) in [6, 6.07) is 11.8. The molecule has 0 aliphatic carbocycles. The molecule has 1 aliphatic rings. The first kappa shape index (κ1) is 35.2. The largest absolute Gasteiger partial charge is 0.389 e. The summed E-state index contributed by atoms with van der Waals surface area (Å²) in [6.45, 7) is 9.50. The van der Waals surface area contributed by atoms with E-state index in [2.05, 4.69) is 10.6 Å². The van der Waals surface area contributed by atoms with Crippen LogP contribution in [0.25, 0.3) is 0 Å². The molecule has 1 fully saturated rings. The highest BCUT2D eigenvalue weighted by molar-refractivity contribution is 6.00. The zero-order chi connectivity index (χ0) is 33.4. The van der Waals surface area contributed by atoms with Crippen LogP contribution in [-0.2, 0) is 12.8 Å². The van der Waals surface area contributed by atoms with Gasteiger partial charge in [-0.3, -0.25) is 9.59 Å². The molecule has 2 amide bonds. The number of piperidine rings is 1. The fourth-order valence-electron chi connectivity index (χ4n) is 6.59. The van der Waals surface area contributed by atoms with Crippen molar-refractivity contribution in [2.24, 2.45) is 5.92 Å². The van der Waals surface area contributed by atoms with E-state index in [0.29, 0.717) is 43.6 Å². The van der Waals surface area contributed by atoms with Gasteiger partial charge in [0.05, 0.1) is 12.1 Å². The lowest BCUT2D eigenvalue weighted by Gasteiger charge is -2.37. The van der Waals surface area contributed by atoms with Gasteiger partial charge in [-0.1, -0.05) is 19.9 Å². The van der Waals surface area contributed by atoms with Gasteiger partial charge >= 0.3 is 0 Å². The van der Waals surface area contributed by atoms with Gasteiger partial charge < -0.3 is 20.6 Å². The molecule has 1 aliphatic heterocycles. The number of carbonyl (C=O) groups excluding carboxylic acids is 2. The molecule has 0 radical (unpaired) electrons. The SMILES string of the molecule is CCCN(CCC)C(=O)c1cc(C)cc(C(=O)N[C@@H](Cc2cc(F)cc(F)c2)[C@H](O)[C@H]2C[C@@H](Cc3cc(C)cc(F)c3)CCN2)c1. The Bertz CT molecular complexity index is 1470. The van der Waals surface area contributed by atoms with Crippen LogP contribution >= 0.6 is 0 Å². The summed E-state index contributed by atoms with van der Waals surface area (Å²) in [4.78, 5) is 28.9. The molecular weight excluding hydrogens is 591 g/mol. The monoisotopic (exact) mass is 637 g/mol. The van der Waals surface area contributed by atoms with E-state index in [9.17, 15) is 27.9 Å². The average molecular weight is 638 g/mol. The van der Waals surface area contributed by atoms with Crippen molar-refractivity contribution >= 4 is 11.8 Å². The number of nitrogens with one attached hydrogen (secondary N) is 2. The van der Waals surface area contributed by atoms with E-state index >= 15 is 0 Å². The van der Waals surface area contributed by atoms with Crippen LogP contribution < -0.4 is 10.6 Å². The molecule has 6 nitrogen and oxygen atoms in total. The minimum Gasteiger partial charge on any atom is -0.389 e. The van der Waals surface area contributed by atoms with Gasteiger partial charge in [0.2, 0.25) is 0 Å². The third-order valence-electron chi connectivity index (χ3n) is 8.55. The maximum Gasteiger partial charge on any atom is 0.253 e. The number of nitrogens with zero attached hydrogens (tertiary/aromatic N) is 1. The highest BCUT2D eigenvalue weighted by Crippen LogP contribution is 2.26. The van der Waals surface area contributed by atoms with Crippen molar-refractivity contribution in [3.8, 4) is 0 Å². The van der Waals surface area contributed by atoms with Crippen LogP contribution in [0.5, 0.6) is 0 Å². The highest BCUT2D eigenvalue weighted by Gasteiger charge is 2.34. The molecular formula is C37H46F3N3O3. The zero-order valence-corrected chi connectivity index (χ0v) is 27.2. The lowest BCUT2D eigenvalue weighted by Crippen LogP contribution is -2.56. The van der Waals surface area contributed by atoms with E-state index < -0.39 is 35.7 Å². The van der Waals surface area contributed by atoms with E-state index in [1.54, 1.807) is 23.1 Å². The summed E-state index contributed by atoms with van der Waals surface area (Å²) in [6.07, 6.45) is 2.52. The molecule has 46 heavy (non-hydrogen) atoms. The number of hydrogen-bond donors (Lipinski definition) is 3. The first-order valence-corrected chi connectivity index (χ1v) is 16.3. The molecule has 1 saturated heterocycles. The van der Waals surface area contributed by atoms with Crippen LogP contribution in [-0.4, -0.2) is 59.6 Å². The third-order valence-corrected chi connectivity index (χ3v) is 8.55. The fraction of sp³-hybridized carbons (Fsp3) is 0.459.